The van der Waals surface area contributed by atoms with Gasteiger partial charge in [-0.1, -0.05) is 0 Å². The zero-order valence-electron chi connectivity index (χ0n) is 18.4. The lowest BCUT2D eigenvalue weighted by molar-refractivity contribution is -0.142. The quantitative estimate of drug-likeness (QED) is 0.0554. The summed E-state index contributed by atoms with van der Waals surface area (Å²) in [5.74, 6) is -4.65. The summed E-state index contributed by atoms with van der Waals surface area (Å²) in [5, 5.41) is 16.4. The third kappa shape index (κ3) is 13.5. The highest BCUT2D eigenvalue weighted by Crippen LogP contribution is 2.04. The molecule has 0 fully saturated rings. The standard InChI is InChI=1S/C18H35N9O6/c19-6-2-1-4-11(17(32)33)26-16(31)12(8-13(21)28)27-15(30)10(25-14(29)9-20)5-3-7-24-18(22)23/h10-12H,1-9,19-20H2,(H2,21,28)(H,25,29)(H,26,31)(H,27,30)(H,32,33)(H4,22,23,24). The van der Waals surface area contributed by atoms with Gasteiger partial charge in [0.2, 0.25) is 23.6 Å². The Balaban J connectivity index is 5.35. The number of nitrogens with zero attached hydrogens (tertiary/aromatic N) is 1. The molecule has 3 unspecified atom stereocenters. The molecule has 0 radical (unpaired) electrons. The number of guanidine groups is 1. The van der Waals surface area contributed by atoms with Crippen LogP contribution in [0.4, 0.5) is 0 Å². The number of carbonyl (C=O) groups is 5. The van der Waals surface area contributed by atoms with E-state index in [0.717, 1.165) is 0 Å². The lowest BCUT2D eigenvalue weighted by atomic mass is 10.1. The van der Waals surface area contributed by atoms with Crippen LogP contribution < -0.4 is 44.6 Å². The molecule has 0 rings (SSSR count). The number of rotatable bonds is 17. The van der Waals surface area contributed by atoms with Crippen molar-refractivity contribution in [1.82, 2.24) is 16.0 Å². The summed E-state index contributed by atoms with van der Waals surface area (Å²) in [7, 11) is 0. The van der Waals surface area contributed by atoms with E-state index in [0.29, 0.717) is 25.8 Å². The van der Waals surface area contributed by atoms with Crippen LogP contribution in [0.25, 0.3) is 0 Å². The highest BCUT2D eigenvalue weighted by molar-refractivity contribution is 5.95. The maximum atomic E-state index is 12.7. The van der Waals surface area contributed by atoms with Gasteiger partial charge in [0.1, 0.15) is 18.1 Å². The van der Waals surface area contributed by atoms with Crippen LogP contribution in [0.3, 0.4) is 0 Å². The van der Waals surface area contributed by atoms with Crippen molar-refractivity contribution in [2.45, 2.75) is 56.7 Å². The van der Waals surface area contributed by atoms with Crippen LogP contribution in [0.2, 0.25) is 0 Å². The van der Waals surface area contributed by atoms with Gasteiger partial charge in [0.25, 0.3) is 0 Å². The molecule has 0 aromatic rings. The summed E-state index contributed by atoms with van der Waals surface area (Å²) < 4.78 is 0. The van der Waals surface area contributed by atoms with E-state index in [1.165, 1.54) is 0 Å². The fourth-order valence-electron chi connectivity index (χ4n) is 2.73. The minimum atomic E-state index is -1.46. The lowest BCUT2D eigenvalue weighted by Gasteiger charge is -2.24. The number of unbranched alkanes of at least 4 members (excludes halogenated alkanes) is 1. The molecule has 15 heteroatoms. The van der Waals surface area contributed by atoms with Gasteiger partial charge in [-0.25, -0.2) is 4.79 Å². The van der Waals surface area contributed by atoms with E-state index in [9.17, 15) is 29.1 Å². The molecule has 33 heavy (non-hydrogen) atoms. The van der Waals surface area contributed by atoms with Crippen LogP contribution in [0.1, 0.15) is 38.5 Å². The van der Waals surface area contributed by atoms with Crippen LogP contribution >= 0.6 is 0 Å². The first-order valence-electron chi connectivity index (χ1n) is 10.4. The first-order valence-corrected chi connectivity index (χ1v) is 10.4. The molecule has 0 aliphatic rings. The smallest absolute Gasteiger partial charge is 0.326 e. The average Bonchev–Trinajstić information content (AvgIpc) is 2.73. The van der Waals surface area contributed by atoms with Crippen LogP contribution in [0.15, 0.2) is 4.99 Å². The summed E-state index contributed by atoms with van der Waals surface area (Å²) >= 11 is 0. The van der Waals surface area contributed by atoms with E-state index in [1.807, 2.05) is 0 Å². The molecular formula is C18H35N9O6. The highest BCUT2D eigenvalue weighted by atomic mass is 16.4. The number of hydrogen-bond acceptors (Lipinski definition) is 8. The summed E-state index contributed by atoms with van der Waals surface area (Å²) in [6.07, 6.45) is 0.923. The Hall–Kier alpha value is -3.46. The van der Waals surface area contributed by atoms with Gasteiger partial charge in [-0.2, -0.15) is 0 Å². The number of aliphatic imine (C=N–C) groups is 1. The number of nitrogens with two attached hydrogens (primary N) is 5. The second-order valence-electron chi connectivity index (χ2n) is 7.19. The SMILES string of the molecule is NCCCCC(NC(=O)C(CC(N)=O)NC(=O)C(CCCN=C(N)N)NC(=O)CN)C(=O)O. The highest BCUT2D eigenvalue weighted by Gasteiger charge is 2.30. The summed E-state index contributed by atoms with van der Waals surface area (Å²) in [4.78, 5) is 63.7. The Morgan fingerprint density at radius 1 is 0.788 bits per heavy atom. The minimum absolute atomic E-state index is 0.0934. The van der Waals surface area contributed by atoms with Crippen molar-refractivity contribution in [2.24, 2.45) is 33.7 Å². The van der Waals surface area contributed by atoms with E-state index in [-0.39, 0.29) is 31.9 Å². The van der Waals surface area contributed by atoms with Gasteiger partial charge in [0, 0.05) is 6.54 Å². The van der Waals surface area contributed by atoms with Crippen molar-refractivity contribution in [2.75, 3.05) is 19.6 Å². The maximum Gasteiger partial charge on any atom is 0.326 e. The Morgan fingerprint density at radius 2 is 1.36 bits per heavy atom. The van der Waals surface area contributed by atoms with Gasteiger partial charge < -0.3 is 49.7 Å². The minimum Gasteiger partial charge on any atom is -0.480 e. The molecule has 0 aliphatic heterocycles. The van der Waals surface area contributed by atoms with Crippen molar-refractivity contribution in [3.05, 3.63) is 0 Å². The van der Waals surface area contributed by atoms with Gasteiger partial charge in [-0.05, 0) is 38.6 Å². The summed E-state index contributed by atoms with van der Waals surface area (Å²) in [6, 6.07) is -3.82. The van der Waals surface area contributed by atoms with Crippen molar-refractivity contribution in [3.8, 4) is 0 Å². The molecule has 0 saturated heterocycles. The number of nitrogens with one attached hydrogen (secondary N) is 3. The molecule has 0 aromatic heterocycles. The predicted octanol–water partition coefficient (Wildman–Crippen LogP) is -4.46. The summed E-state index contributed by atoms with van der Waals surface area (Å²) in [5.41, 5.74) is 26.3. The van der Waals surface area contributed by atoms with Gasteiger partial charge in [-0.15, -0.1) is 0 Å². The Labute approximate surface area is 191 Å². The van der Waals surface area contributed by atoms with Crippen molar-refractivity contribution < 1.29 is 29.1 Å². The molecule has 14 N–H and O–H groups in total. The molecule has 4 amide bonds. The van der Waals surface area contributed by atoms with Crippen molar-refractivity contribution in [1.29, 1.82) is 0 Å². The predicted molar refractivity (Wildman–Crippen MR) is 119 cm³/mol. The van der Waals surface area contributed by atoms with Gasteiger partial charge in [-0.3, -0.25) is 24.2 Å². The lowest BCUT2D eigenvalue weighted by Crippen LogP contribution is -2.57. The topological polar surface area (TPSA) is 284 Å². The molecule has 3 atom stereocenters. The summed E-state index contributed by atoms with van der Waals surface area (Å²) in [6.45, 7) is 0.157. The molecule has 188 valence electrons. The van der Waals surface area contributed by atoms with Crippen LogP contribution in [0.5, 0.6) is 0 Å². The normalized spacial score (nSPS) is 13.2. The zero-order valence-corrected chi connectivity index (χ0v) is 18.4. The second-order valence-corrected chi connectivity index (χ2v) is 7.19. The average molecular weight is 474 g/mol. The molecule has 0 bridgehead atoms. The third-order valence-electron chi connectivity index (χ3n) is 4.38. The number of carbonyl (C=O) groups excluding carboxylic acids is 4. The number of carboxylic acid groups (broad SMARTS) is 1. The molecule has 0 aliphatic carbocycles. The first-order chi connectivity index (χ1) is 15.5. The molecule has 15 nitrogen and oxygen atoms in total. The fourth-order valence-corrected chi connectivity index (χ4v) is 2.73. The molecule has 0 heterocycles. The number of carboxylic acids is 1. The largest absolute Gasteiger partial charge is 0.480 e. The van der Waals surface area contributed by atoms with E-state index in [1.54, 1.807) is 0 Å². The molecular weight excluding hydrogens is 438 g/mol. The first kappa shape index (κ1) is 29.5. The van der Waals surface area contributed by atoms with Gasteiger partial charge in [0.05, 0.1) is 13.0 Å². The third-order valence-corrected chi connectivity index (χ3v) is 4.38. The maximum absolute atomic E-state index is 12.7. The van der Waals surface area contributed by atoms with E-state index in [2.05, 4.69) is 20.9 Å². The van der Waals surface area contributed by atoms with E-state index < -0.39 is 54.1 Å². The van der Waals surface area contributed by atoms with Crippen LogP contribution in [-0.4, -0.2) is 78.4 Å². The van der Waals surface area contributed by atoms with Gasteiger partial charge >= 0.3 is 5.97 Å². The monoisotopic (exact) mass is 473 g/mol. The van der Waals surface area contributed by atoms with E-state index in [4.69, 9.17) is 28.7 Å². The van der Waals surface area contributed by atoms with Crippen LogP contribution in [-0.2, 0) is 24.0 Å². The van der Waals surface area contributed by atoms with Gasteiger partial charge in [0.15, 0.2) is 5.96 Å². The Kier molecular flexibility index (Phi) is 14.5. The van der Waals surface area contributed by atoms with Crippen molar-refractivity contribution >= 4 is 35.6 Å². The van der Waals surface area contributed by atoms with Crippen molar-refractivity contribution in [3.63, 3.8) is 0 Å². The number of hydrogen-bond donors (Lipinski definition) is 9. The Bertz CT molecular complexity index is 712. The number of aliphatic carboxylic acids is 1. The number of amides is 4. The molecule has 0 aromatic carbocycles. The second kappa shape index (κ2) is 16.2. The molecule has 0 saturated carbocycles. The number of primary amides is 1. The molecule has 0 spiro atoms. The van der Waals surface area contributed by atoms with Crippen LogP contribution in [0, 0.1) is 0 Å². The fraction of sp³-hybridized carbons (Fsp3) is 0.667. The van der Waals surface area contributed by atoms with E-state index >= 15 is 0 Å². The zero-order chi connectivity index (χ0) is 25.4. The Morgan fingerprint density at radius 3 is 1.88 bits per heavy atom.